The van der Waals surface area contributed by atoms with Crippen molar-refractivity contribution in [2.45, 2.75) is 78.0 Å². The van der Waals surface area contributed by atoms with Crippen molar-refractivity contribution in [2.24, 2.45) is 7.05 Å². The highest BCUT2D eigenvalue weighted by atomic mass is 19.1. The van der Waals surface area contributed by atoms with Crippen LogP contribution in [0.25, 0.3) is 33.7 Å². The third kappa shape index (κ3) is 5.41. The van der Waals surface area contributed by atoms with E-state index in [1.165, 1.54) is 18.9 Å². The molecule has 4 aromatic rings. The second-order valence-corrected chi connectivity index (χ2v) is 13.7. The molecule has 1 saturated carbocycles. The van der Waals surface area contributed by atoms with Gasteiger partial charge in [0.05, 0.1) is 12.2 Å². The Morgan fingerprint density at radius 1 is 1.13 bits per heavy atom. The number of hydrogen-bond donors (Lipinski definition) is 1. The van der Waals surface area contributed by atoms with E-state index in [2.05, 4.69) is 20.0 Å². The Kier molecular flexibility index (Phi) is 7.55. The largest absolute Gasteiger partial charge is 0.490 e. The molecule has 7 rings (SSSR count). The number of carbonyl (C=O) groups is 1. The van der Waals surface area contributed by atoms with Gasteiger partial charge < -0.3 is 28.5 Å². The molecule has 3 aromatic heterocycles. The predicted octanol–water partition coefficient (Wildman–Crippen LogP) is 5.60. The molecule has 12 heteroatoms. The number of rotatable bonds is 7. The van der Waals surface area contributed by atoms with Gasteiger partial charge in [0.25, 0.3) is 5.89 Å². The summed E-state index contributed by atoms with van der Waals surface area (Å²) in [5, 5.41) is 19.9. The lowest BCUT2D eigenvalue weighted by atomic mass is 9.86. The van der Waals surface area contributed by atoms with Gasteiger partial charge in [0, 0.05) is 67.0 Å². The average molecular weight is 633 g/mol. The van der Waals surface area contributed by atoms with Crippen molar-refractivity contribution in [1.29, 1.82) is 0 Å². The van der Waals surface area contributed by atoms with Crippen LogP contribution in [0.1, 0.15) is 68.5 Å². The van der Waals surface area contributed by atoms with E-state index in [4.69, 9.17) is 18.9 Å². The quantitative estimate of drug-likeness (QED) is 0.276. The Balaban J connectivity index is 1.39. The van der Waals surface area contributed by atoms with Gasteiger partial charge in [0.1, 0.15) is 11.3 Å². The molecular formula is C34H41FN6O5. The number of anilines is 1. The van der Waals surface area contributed by atoms with Crippen LogP contribution in [-0.4, -0.2) is 80.2 Å². The number of nitrogens with zero attached hydrogens (tertiary/aromatic N) is 6. The van der Waals surface area contributed by atoms with Gasteiger partial charge in [-0.1, -0.05) is 5.10 Å². The molecule has 1 N–H and O–H groups in total. The second-order valence-electron chi connectivity index (χ2n) is 13.7. The molecule has 0 amide bonds. The van der Waals surface area contributed by atoms with Crippen molar-refractivity contribution in [3.63, 3.8) is 0 Å². The molecule has 11 nitrogen and oxygen atoms in total. The smallest absolute Gasteiger partial charge is 0.337 e. The number of halogens is 1. The van der Waals surface area contributed by atoms with Crippen molar-refractivity contribution < 1.29 is 28.2 Å². The van der Waals surface area contributed by atoms with E-state index in [1.54, 1.807) is 6.92 Å². The first-order valence-corrected chi connectivity index (χ1v) is 16.1. The number of hydrogen-bond acceptors (Lipinski definition) is 9. The first-order valence-electron chi connectivity index (χ1n) is 16.1. The zero-order chi connectivity index (χ0) is 32.5. The number of aliphatic carboxylic acids is 1. The highest BCUT2D eigenvalue weighted by molar-refractivity contribution is 6.01. The molecule has 1 aromatic carbocycles. The van der Waals surface area contributed by atoms with Crippen LogP contribution in [0.5, 0.6) is 5.75 Å². The Labute approximate surface area is 267 Å². The van der Waals surface area contributed by atoms with E-state index >= 15 is 4.39 Å². The summed E-state index contributed by atoms with van der Waals surface area (Å²) >= 11 is 0. The normalized spacial score (nSPS) is 18.1. The average Bonchev–Trinajstić information content (AvgIpc) is 3.67. The molecule has 0 unspecified atom stereocenters. The number of ether oxygens (including phenoxy) is 2. The number of aromatic nitrogens is 4. The Hall–Kier alpha value is -4.03. The van der Waals surface area contributed by atoms with E-state index in [-0.39, 0.29) is 5.75 Å². The third-order valence-corrected chi connectivity index (χ3v) is 9.35. The molecule has 46 heavy (non-hydrogen) atoms. The lowest BCUT2D eigenvalue weighted by Gasteiger charge is -2.33. The van der Waals surface area contributed by atoms with Crippen LogP contribution in [0.4, 0.5) is 10.4 Å². The van der Waals surface area contributed by atoms with Crippen molar-refractivity contribution in [3.05, 3.63) is 40.3 Å². The topological polar surface area (TPSA) is 119 Å². The van der Waals surface area contributed by atoms with Crippen LogP contribution < -0.4 is 9.64 Å². The van der Waals surface area contributed by atoms with Crippen LogP contribution in [0.2, 0.25) is 0 Å². The molecule has 1 aliphatic carbocycles. The monoisotopic (exact) mass is 632 g/mol. The van der Waals surface area contributed by atoms with E-state index in [1.807, 2.05) is 45.4 Å². The van der Waals surface area contributed by atoms with Crippen LogP contribution in [0, 0.1) is 19.7 Å². The molecule has 2 aliphatic heterocycles. The van der Waals surface area contributed by atoms with Crippen LogP contribution in [-0.2, 0) is 23.0 Å². The molecular weight excluding hydrogens is 591 g/mol. The van der Waals surface area contributed by atoms with Gasteiger partial charge in [-0.25, -0.2) is 14.2 Å². The summed E-state index contributed by atoms with van der Waals surface area (Å²) in [6.07, 6.45) is 2.64. The SMILES string of the molecule is Cc1nc2c(cc(-c3nnc(N4CCN(C5CC5)CC4)o3)n2C)c(-c2cc(F)c3c(c2C)CCCO3)c1[C@H](OC(C)(C)C)C(=O)O. The maximum Gasteiger partial charge on any atom is 0.337 e. The standard InChI is InChI=1S/C34H41FN6O5/c1-18-21-8-7-15-44-28(21)24(35)16-22(18)27-23-17-25(31-37-38-33(45-31)41-13-11-40(12-14-41)20-9-10-20)39(6)30(23)36-19(2)26(27)29(32(42)43)46-34(3,4)5/h16-17,20,29H,7-15H2,1-6H3,(H,42,43)/t29-/m0/s1. The number of benzene rings is 1. The van der Waals surface area contributed by atoms with Crippen molar-refractivity contribution in [1.82, 2.24) is 24.6 Å². The molecule has 0 radical (unpaired) electrons. The zero-order valence-corrected chi connectivity index (χ0v) is 27.3. The number of aryl methyl sites for hydroxylation is 2. The summed E-state index contributed by atoms with van der Waals surface area (Å²) in [7, 11) is 1.86. The minimum atomic E-state index is -1.35. The van der Waals surface area contributed by atoms with Crippen LogP contribution >= 0.6 is 0 Å². The molecule has 244 valence electrons. The number of fused-ring (bicyclic) bond motifs is 2. The van der Waals surface area contributed by atoms with Gasteiger partial charge in [0.15, 0.2) is 17.7 Å². The molecule has 5 heterocycles. The van der Waals surface area contributed by atoms with Gasteiger partial charge in [-0.15, -0.1) is 5.10 Å². The number of carboxylic acids is 1. The van der Waals surface area contributed by atoms with Gasteiger partial charge in [-0.05, 0) is 83.6 Å². The number of carboxylic acid groups (broad SMARTS) is 1. The van der Waals surface area contributed by atoms with Gasteiger partial charge >= 0.3 is 12.0 Å². The fourth-order valence-electron chi connectivity index (χ4n) is 6.94. The van der Waals surface area contributed by atoms with Gasteiger partial charge in [-0.2, -0.15) is 0 Å². The first-order chi connectivity index (χ1) is 21.9. The van der Waals surface area contributed by atoms with Crippen molar-refractivity contribution >= 4 is 23.0 Å². The molecule has 3 aliphatic rings. The highest BCUT2D eigenvalue weighted by Crippen LogP contribution is 2.45. The maximum absolute atomic E-state index is 15.7. The van der Waals surface area contributed by atoms with E-state index in [0.29, 0.717) is 64.0 Å². The lowest BCUT2D eigenvalue weighted by molar-refractivity contribution is -0.160. The van der Waals surface area contributed by atoms with Crippen molar-refractivity contribution in [3.8, 4) is 28.5 Å². The highest BCUT2D eigenvalue weighted by Gasteiger charge is 2.36. The number of pyridine rings is 1. The zero-order valence-electron chi connectivity index (χ0n) is 27.3. The fourth-order valence-corrected chi connectivity index (χ4v) is 6.94. The Morgan fingerprint density at radius 3 is 2.54 bits per heavy atom. The van der Waals surface area contributed by atoms with E-state index < -0.39 is 23.5 Å². The molecule has 1 atom stereocenters. The van der Waals surface area contributed by atoms with Crippen molar-refractivity contribution in [2.75, 3.05) is 37.7 Å². The second kappa shape index (κ2) is 11.3. The van der Waals surface area contributed by atoms with E-state index in [0.717, 1.165) is 49.8 Å². The summed E-state index contributed by atoms with van der Waals surface area (Å²) in [5.41, 5.74) is 4.04. The van der Waals surface area contributed by atoms with Gasteiger partial charge in [-0.3, -0.25) is 4.90 Å². The molecule has 2 fully saturated rings. The minimum Gasteiger partial charge on any atom is -0.490 e. The molecule has 0 bridgehead atoms. The Bertz CT molecular complexity index is 1830. The molecule has 1 saturated heterocycles. The summed E-state index contributed by atoms with van der Waals surface area (Å²) in [6.45, 7) is 13.2. The fraction of sp³-hybridized carbons (Fsp3) is 0.529. The number of piperazine rings is 1. The van der Waals surface area contributed by atoms with Crippen LogP contribution in [0.3, 0.4) is 0 Å². The minimum absolute atomic E-state index is 0.266. The maximum atomic E-state index is 15.7. The third-order valence-electron chi connectivity index (χ3n) is 9.35. The summed E-state index contributed by atoms with van der Waals surface area (Å²) < 4.78 is 35.7. The predicted molar refractivity (Wildman–Crippen MR) is 171 cm³/mol. The lowest BCUT2D eigenvalue weighted by Crippen LogP contribution is -2.47. The van der Waals surface area contributed by atoms with Crippen LogP contribution in [0.15, 0.2) is 16.5 Å². The summed E-state index contributed by atoms with van der Waals surface area (Å²) in [6, 6.07) is 4.52. The summed E-state index contributed by atoms with van der Waals surface area (Å²) in [5.74, 6) is -1.04. The Morgan fingerprint density at radius 2 is 1.87 bits per heavy atom. The first kappa shape index (κ1) is 30.6. The van der Waals surface area contributed by atoms with E-state index in [9.17, 15) is 9.90 Å². The molecule has 0 spiro atoms. The summed E-state index contributed by atoms with van der Waals surface area (Å²) in [4.78, 5) is 22.4. The van der Waals surface area contributed by atoms with Gasteiger partial charge in [0.2, 0.25) is 0 Å².